The van der Waals surface area contributed by atoms with Crippen LogP contribution in [0.3, 0.4) is 0 Å². The molecule has 2 atom stereocenters. The van der Waals surface area contributed by atoms with Gasteiger partial charge in [0.25, 0.3) is 0 Å². The topological polar surface area (TPSA) is 142 Å². The van der Waals surface area contributed by atoms with Gasteiger partial charge in [0.1, 0.15) is 12.2 Å². The summed E-state index contributed by atoms with van der Waals surface area (Å²) < 4.78 is 22.5. The first kappa shape index (κ1) is 43.0. The molecule has 4 fully saturated rings. The highest BCUT2D eigenvalue weighted by atomic mass is 16.6. The third-order valence-corrected chi connectivity index (χ3v) is 12.3. The summed E-state index contributed by atoms with van der Waals surface area (Å²) in [6.07, 6.45) is 4.42. The summed E-state index contributed by atoms with van der Waals surface area (Å²) in [7, 11) is 7.08. The Morgan fingerprint density at radius 3 is 1.36 bits per heavy atom. The van der Waals surface area contributed by atoms with Gasteiger partial charge in [-0.3, -0.25) is 30.0 Å². The van der Waals surface area contributed by atoms with Crippen LogP contribution in [0, 0.1) is 23.7 Å². The molecule has 14 nitrogen and oxygen atoms in total. The summed E-state index contributed by atoms with van der Waals surface area (Å²) in [5.41, 5.74) is 11.1. The molecule has 0 radical (unpaired) electrons. The Hall–Kier alpha value is -3.14. The molecule has 2 aliphatic heterocycles. The second-order valence-electron chi connectivity index (χ2n) is 16.1. The number of esters is 4. The molecule has 1 aromatic carbocycles. The highest BCUT2D eigenvalue weighted by molar-refractivity contribution is 5.76. The van der Waals surface area contributed by atoms with E-state index in [2.05, 4.69) is 56.9 Å². The van der Waals surface area contributed by atoms with E-state index in [1.807, 2.05) is 13.8 Å². The van der Waals surface area contributed by atoms with Crippen molar-refractivity contribution in [1.29, 1.82) is 0 Å². The predicted octanol–water partition coefficient (Wildman–Crippen LogP) is 3.75. The molecule has 2 N–H and O–H groups in total. The summed E-state index contributed by atoms with van der Waals surface area (Å²) >= 11 is 0. The Morgan fingerprint density at radius 2 is 0.964 bits per heavy atom. The number of carbonyl (C=O) groups is 4. The lowest BCUT2D eigenvalue weighted by Gasteiger charge is -2.34. The van der Waals surface area contributed by atoms with E-state index in [4.69, 9.17) is 18.9 Å². The molecule has 2 saturated heterocycles. The van der Waals surface area contributed by atoms with Gasteiger partial charge in [-0.25, -0.2) is 10.0 Å². The molecule has 2 heterocycles. The maximum atomic E-state index is 13.7. The smallest absolute Gasteiger partial charge is 0.309 e. The first-order valence-electron chi connectivity index (χ1n) is 20.6. The Bertz CT molecular complexity index is 1430. The zero-order chi connectivity index (χ0) is 39.5. The molecule has 5 rings (SSSR count). The van der Waals surface area contributed by atoms with Gasteiger partial charge >= 0.3 is 23.9 Å². The number of nitrogens with one attached hydrogen (secondary N) is 2. The van der Waals surface area contributed by atoms with Crippen LogP contribution in [0.1, 0.15) is 106 Å². The summed E-state index contributed by atoms with van der Waals surface area (Å²) in [6, 6.07) is 4.30. The first-order valence-corrected chi connectivity index (χ1v) is 20.6. The van der Waals surface area contributed by atoms with Gasteiger partial charge in [0.2, 0.25) is 0 Å². The molecular formula is C41H66N6O8. The standard InChI is InChI=1S/C41H66N6O8/c1-7-37(55-41(51)32-14-10-30(11-15-32)39(49)53-6)36-25-33(26-42-46-20-16-44(3)17-21-46)35(24-34(36)27-43-47-22-18-45(4)19-23-47)28(2)54-40(50)31-12-8-29(9-13-31)38(48)52-5/h24-25,28-32,37,42-43H,7-23,26-27H2,1-6H3. The van der Waals surface area contributed by atoms with Crippen LogP contribution in [0.4, 0.5) is 0 Å². The quantitative estimate of drug-likeness (QED) is 0.198. The van der Waals surface area contributed by atoms with Gasteiger partial charge in [0.05, 0.1) is 37.9 Å². The van der Waals surface area contributed by atoms with Crippen molar-refractivity contribution in [3.63, 3.8) is 0 Å². The molecule has 308 valence electrons. The highest BCUT2D eigenvalue weighted by Crippen LogP contribution is 2.37. The van der Waals surface area contributed by atoms with E-state index in [-0.39, 0.29) is 47.5 Å². The number of hydrazine groups is 2. The molecule has 0 amide bonds. The predicted molar refractivity (Wildman–Crippen MR) is 207 cm³/mol. The van der Waals surface area contributed by atoms with Crippen molar-refractivity contribution in [1.82, 2.24) is 30.7 Å². The van der Waals surface area contributed by atoms with Crippen LogP contribution >= 0.6 is 0 Å². The van der Waals surface area contributed by atoms with Crippen LogP contribution in [0.2, 0.25) is 0 Å². The van der Waals surface area contributed by atoms with E-state index >= 15 is 0 Å². The monoisotopic (exact) mass is 770 g/mol. The van der Waals surface area contributed by atoms with Crippen LogP contribution in [0.25, 0.3) is 0 Å². The molecule has 2 aliphatic carbocycles. The van der Waals surface area contributed by atoms with Crippen LogP contribution in [0.15, 0.2) is 12.1 Å². The minimum atomic E-state index is -0.529. The number of ether oxygens (including phenoxy) is 4. The summed E-state index contributed by atoms with van der Waals surface area (Å²) in [5, 5.41) is 4.48. The van der Waals surface area contributed by atoms with E-state index in [1.165, 1.54) is 14.2 Å². The van der Waals surface area contributed by atoms with Crippen LogP contribution < -0.4 is 10.9 Å². The van der Waals surface area contributed by atoms with E-state index in [9.17, 15) is 19.2 Å². The Kier molecular flexibility index (Phi) is 16.3. The second kappa shape index (κ2) is 20.9. The molecule has 0 bridgehead atoms. The summed E-state index contributed by atoms with van der Waals surface area (Å²) in [5.74, 6) is -1.75. The lowest BCUT2D eigenvalue weighted by atomic mass is 9.82. The highest BCUT2D eigenvalue weighted by Gasteiger charge is 2.35. The maximum Gasteiger partial charge on any atom is 0.309 e. The van der Waals surface area contributed by atoms with Gasteiger partial charge in [-0.15, -0.1) is 0 Å². The molecule has 55 heavy (non-hydrogen) atoms. The number of carbonyl (C=O) groups excluding carboxylic acids is 4. The normalized spacial score (nSPS) is 25.8. The molecule has 2 saturated carbocycles. The number of hydrogen-bond acceptors (Lipinski definition) is 14. The van der Waals surface area contributed by atoms with Crippen molar-refractivity contribution in [3.05, 3.63) is 34.4 Å². The fraction of sp³-hybridized carbons (Fsp3) is 0.756. The van der Waals surface area contributed by atoms with Crippen molar-refractivity contribution >= 4 is 23.9 Å². The second-order valence-corrected chi connectivity index (χ2v) is 16.1. The SMILES string of the molecule is CCC(OC(=O)C1CCC(C(=O)OC)CC1)c1cc(CNN2CCN(C)CC2)c(C(C)OC(=O)C2CCC(C(=O)OC)CC2)cc1CNN1CCN(C)CC1. The Balaban J connectivity index is 1.40. The van der Waals surface area contributed by atoms with Crippen LogP contribution in [0.5, 0.6) is 0 Å². The Morgan fingerprint density at radius 1 is 0.600 bits per heavy atom. The molecular weight excluding hydrogens is 704 g/mol. The number of benzene rings is 1. The first-order chi connectivity index (χ1) is 26.5. The number of methoxy groups -OCH3 is 2. The Labute approximate surface area is 327 Å². The van der Waals surface area contributed by atoms with Crippen molar-refractivity contribution in [2.24, 2.45) is 23.7 Å². The molecule has 14 heteroatoms. The van der Waals surface area contributed by atoms with Crippen molar-refractivity contribution in [2.45, 2.75) is 96.9 Å². The van der Waals surface area contributed by atoms with Crippen LogP contribution in [-0.4, -0.2) is 124 Å². The average molecular weight is 771 g/mol. The van der Waals surface area contributed by atoms with Crippen LogP contribution in [-0.2, 0) is 51.2 Å². The van der Waals surface area contributed by atoms with Crippen molar-refractivity contribution < 1.29 is 38.1 Å². The number of hydrogen-bond donors (Lipinski definition) is 2. The molecule has 2 unspecified atom stereocenters. The number of likely N-dealkylation sites (N-methyl/N-ethyl adjacent to an activating group) is 2. The summed E-state index contributed by atoms with van der Waals surface area (Å²) in [6.45, 7) is 12.4. The van der Waals surface area contributed by atoms with E-state index < -0.39 is 12.2 Å². The maximum absolute atomic E-state index is 13.7. The van der Waals surface area contributed by atoms with Crippen molar-refractivity contribution in [3.8, 4) is 0 Å². The lowest BCUT2D eigenvalue weighted by molar-refractivity contribution is -0.158. The summed E-state index contributed by atoms with van der Waals surface area (Å²) in [4.78, 5) is 56.2. The number of rotatable bonds is 15. The van der Waals surface area contributed by atoms with E-state index in [0.717, 1.165) is 74.6 Å². The molecule has 4 aliphatic rings. The zero-order valence-corrected chi connectivity index (χ0v) is 34.1. The number of nitrogens with zero attached hydrogens (tertiary/aromatic N) is 4. The van der Waals surface area contributed by atoms with Gasteiger partial charge in [-0.2, -0.15) is 0 Å². The zero-order valence-electron chi connectivity index (χ0n) is 34.1. The third kappa shape index (κ3) is 11.9. The fourth-order valence-corrected chi connectivity index (χ4v) is 8.43. The molecule has 0 aromatic heterocycles. The van der Waals surface area contributed by atoms with Gasteiger partial charge in [-0.05, 0) is 101 Å². The minimum absolute atomic E-state index is 0.169. The van der Waals surface area contributed by atoms with Gasteiger partial charge in [0, 0.05) is 65.4 Å². The lowest BCUT2D eigenvalue weighted by Crippen LogP contribution is -2.50. The van der Waals surface area contributed by atoms with Crippen molar-refractivity contribution in [2.75, 3.05) is 80.7 Å². The largest absolute Gasteiger partial charge is 0.469 e. The fourth-order valence-electron chi connectivity index (χ4n) is 8.43. The van der Waals surface area contributed by atoms with E-state index in [1.54, 1.807) is 0 Å². The van der Waals surface area contributed by atoms with Gasteiger partial charge in [0.15, 0.2) is 0 Å². The number of piperazine rings is 2. The average Bonchev–Trinajstić information content (AvgIpc) is 3.21. The molecule has 0 spiro atoms. The van der Waals surface area contributed by atoms with Gasteiger partial charge in [-0.1, -0.05) is 19.1 Å². The minimum Gasteiger partial charge on any atom is -0.469 e. The van der Waals surface area contributed by atoms with E-state index in [0.29, 0.717) is 70.9 Å². The van der Waals surface area contributed by atoms with Gasteiger partial charge < -0.3 is 28.7 Å². The third-order valence-electron chi connectivity index (χ3n) is 12.3. The molecule has 1 aromatic rings.